The molecule has 0 spiro atoms. The van der Waals surface area contributed by atoms with Gasteiger partial charge in [-0.15, -0.1) is 0 Å². The van der Waals surface area contributed by atoms with Crippen molar-refractivity contribution < 1.29 is 5.11 Å². The number of aliphatic hydroxyl groups is 1. The van der Waals surface area contributed by atoms with Gasteiger partial charge in [0, 0.05) is 10.9 Å². The highest BCUT2D eigenvalue weighted by Gasteiger charge is 2.23. The van der Waals surface area contributed by atoms with Crippen LogP contribution in [-0.2, 0) is 18.4 Å². The summed E-state index contributed by atoms with van der Waals surface area (Å²) in [5.74, 6) is 0.622. The molecule has 0 bridgehead atoms. The Morgan fingerprint density at radius 3 is 2.33 bits per heavy atom. The molecule has 1 atom stereocenters. The largest absolute Gasteiger partial charge is 0.385 e. The van der Waals surface area contributed by atoms with Gasteiger partial charge in [0.15, 0.2) is 0 Å². The van der Waals surface area contributed by atoms with Gasteiger partial charge in [-0.05, 0) is 48.1 Å². The molecule has 2 rings (SSSR count). The Bertz CT molecular complexity index is 585. The van der Waals surface area contributed by atoms with Crippen molar-refractivity contribution in [1.29, 1.82) is 0 Å². The third-order valence-corrected chi connectivity index (χ3v) is 4.18. The van der Waals surface area contributed by atoms with Gasteiger partial charge in [0.05, 0.1) is 5.60 Å². The zero-order valence-corrected chi connectivity index (χ0v) is 14.5. The molecule has 1 N–H and O–H groups in total. The Hall–Kier alpha value is -1.12. The fourth-order valence-electron chi connectivity index (χ4n) is 2.61. The SMILES string of the molecule is CC(C)Cc1cccc(C(C)(O)Cc2ccc(Br)cc2)c1. The molecule has 0 radical (unpaired) electrons. The molecule has 2 aromatic carbocycles. The summed E-state index contributed by atoms with van der Waals surface area (Å²) in [6.07, 6.45) is 1.66. The summed E-state index contributed by atoms with van der Waals surface area (Å²) in [5.41, 5.74) is 2.57. The zero-order valence-electron chi connectivity index (χ0n) is 12.9. The summed E-state index contributed by atoms with van der Waals surface area (Å²) >= 11 is 3.44. The quantitative estimate of drug-likeness (QED) is 0.798. The van der Waals surface area contributed by atoms with E-state index in [1.54, 1.807) is 0 Å². The molecule has 2 heteroatoms. The fraction of sp³-hybridized carbons (Fsp3) is 0.368. The minimum absolute atomic E-state index is 0.616. The lowest BCUT2D eigenvalue weighted by Gasteiger charge is -2.25. The minimum atomic E-state index is -0.846. The zero-order chi connectivity index (χ0) is 15.5. The Kier molecular flexibility index (Phi) is 5.23. The van der Waals surface area contributed by atoms with E-state index in [9.17, 15) is 5.11 Å². The van der Waals surface area contributed by atoms with Gasteiger partial charge in [0.25, 0.3) is 0 Å². The first-order valence-electron chi connectivity index (χ1n) is 7.43. The third-order valence-electron chi connectivity index (χ3n) is 3.65. The average Bonchev–Trinajstić information content (AvgIpc) is 2.41. The lowest BCUT2D eigenvalue weighted by Crippen LogP contribution is -2.24. The molecule has 0 aliphatic heterocycles. The molecule has 0 aromatic heterocycles. The second-order valence-corrected chi connectivity index (χ2v) is 7.29. The van der Waals surface area contributed by atoms with Crippen molar-refractivity contribution in [3.63, 3.8) is 0 Å². The molecule has 0 amide bonds. The minimum Gasteiger partial charge on any atom is -0.385 e. The van der Waals surface area contributed by atoms with Crippen LogP contribution in [-0.4, -0.2) is 5.11 Å². The molecule has 21 heavy (non-hydrogen) atoms. The number of hydrogen-bond donors (Lipinski definition) is 1. The lowest BCUT2D eigenvalue weighted by atomic mass is 9.87. The highest BCUT2D eigenvalue weighted by atomic mass is 79.9. The van der Waals surface area contributed by atoms with Crippen molar-refractivity contribution in [2.75, 3.05) is 0 Å². The van der Waals surface area contributed by atoms with E-state index in [2.05, 4.69) is 54.0 Å². The summed E-state index contributed by atoms with van der Waals surface area (Å²) in [6, 6.07) is 16.5. The van der Waals surface area contributed by atoms with E-state index in [0.29, 0.717) is 12.3 Å². The van der Waals surface area contributed by atoms with Crippen LogP contribution in [0.25, 0.3) is 0 Å². The molecule has 0 heterocycles. The van der Waals surface area contributed by atoms with Crippen LogP contribution in [0.5, 0.6) is 0 Å². The van der Waals surface area contributed by atoms with E-state index >= 15 is 0 Å². The van der Waals surface area contributed by atoms with E-state index in [-0.39, 0.29) is 0 Å². The Balaban J connectivity index is 2.20. The second kappa shape index (κ2) is 6.76. The maximum atomic E-state index is 10.9. The van der Waals surface area contributed by atoms with Crippen LogP contribution in [0, 0.1) is 5.92 Å². The highest BCUT2D eigenvalue weighted by molar-refractivity contribution is 9.10. The van der Waals surface area contributed by atoms with Crippen molar-refractivity contribution in [3.8, 4) is 0 Å². The predicted molar refractivity (Wildman–Crippen MR) is 92.4 cm³/mol. The molecule has 0 saturated heterocycles. The first-order valence-corrected chi connectivity index (χ1v) is 8.22. The van der Waals surface area contributed by atoms with Gasteiger partial charge < -0.3 is 5.11 Å². The number of hydrogen-bond acceptors (Lipinski definition) is 1. The summed E-state index contributed by atoms with van der Waals surface area (Å²) in [7, 11) is 0. The number of halogens is 1. The van der Waals surface area contributed by atoms with E-state index in [0.717, 1.165) is 22.0 Å². The van der Waals surface area contributed by atoms with Gasteiger partial charge in [-0.1, -0.05) is 66.2 Å². The Morgan fingerprint density at radius 1 is 1.05 bits per heavy atom. The molecule has 0 saturated carbocycles. The normalized spacial score (nSPS) is 14.2. The predicted octanol–water partition coefficient (Wildman–Crippen LogP) is 5.10. The monoisotopic (exact) mass is 346 g/mol. The molecule has 1 nitrogen and oxygen atoms in total. The van der Waals surface area contributed by atoms with Crippen LogP contribution >= 0.6 is 15.9 Å². The molecular weight excluding hydrogens is 324 g/mol. The molecular formula is C19H23BrO. The second-order valence-electron chi connectivity index (χ2n) is 6.38. The number of benzene rings is 2. The van der Waals surface area contributed by atoms with Crippen molar-refractivity contribution in [2.24, 2.45) is 5.92 Å². The van der Waals surface area contributed by atoms with Crippen LogP contribution < -0.4 is 0 Å². The molecule has 2 aromatic rings. The molecule has 112 valence electrons. The van der Waals surface area contributed by atoms with Crippen molar-refractivity contribution in [2.45, 2.75) is 39.2 Å². The van der Waals surface area contributed by atoms with Crippen LogP contribution in [0.1, 0.15) is 37.5 Å². The lowest BCUT2D eigenvalue weighted by molar-refractivity contribution is 0.0575. The average molecular weight is 347 g/mol. The molecule has 1 unspecified atom stereocenters. The summed E-state index contributed by atoms with van der Waals surface area (Å²) in [6.45, 7) is 6.32. The van der Waals surface area contributed by atoms with Gasteiger partial charge in [-0.3, -0.25) is 0 Å². The summed E-state index contributed by atoms with van der Waals surface area (Å²) in [4.78, 5) is 0. The van der Waals surface area contributed by atoms with Gasteiger partial charge in [0.1, 0.15) is 0 Å². The topological polar surface area (TPSA) is 20.2 Å². The molecule has 0 fully saturated rings. The number of rotatable bonds is 5. The van der Waals surface area contributed by atoms with Crippen LogP contribution in [0.2, 0.25) is 0 Å². The molecule has 0 aliphatic rings. The fourth-order valence-corrected chi connectivity index (χ4v) is 2.87. The summed E-state index contributed by atoms with van der Waals surface area (Å²) < 4.78 is 1.06. The van der Waals surface area contributed by atoms with Crippen molar-refractivity contribution >= 4 is 15.9 Å². The van der Waals surface area contributed by atoms with Gasteiger partial charge in [-0.25, -0.2) is 0 Å². The maximum absolute atomic E-state index is 10.9. The smallest absolute Gasteiger partial charge is 0.0908 e. The third kappa shape index (κ3) is 4.69. The van der Waals surface area contributed by atoms with Gasteiger partial charge >= 0.3 is 0 Å². The summed E-state index contributed by atoms with van der Waals surface area (Å²) in [5, 5.41) is 10.9. The van der Waals surface area contributed by atoms with Crippen LogP contribution in [0.3, 0.4) is 0 Å². The van der Waals surface area contributed by atoms with Crippen molar-refractivity contribution in [3.05, 3.63) is 69.7 Å². The standard InChI is InChI=1S/C19H23BrO/c1-14(2)11-16-5-4-6-17(12-16)19(3,21)13-15-7-9-18(20)10-8-15/h4-10,12,14,21H,11,13H2,1-3H3. The van der Waals surface area contributed by atoms with E-state index in [1.807, 2.05) is 31.2 Å². The van der Waals surface area contributed by atoms with E-state index < -0.39 is 5.60 Å². The first-order chi connectivity index (χ1) is 9.87. The van der Waals surface area contributed by atoms with Gasteiger partial charge in [-0.2, -0.15) is 0 Å². The maximum Gasteiger partial charge on any atom is 0.0908 e. The van der Waals surface area contributed by atoms with E-state index in [4.69, 9.17) is 0 Å². The van der Waals surface area contributed by atoms with Crippen molar-refractivity contribution in [1.82, 2.24) is 0 Å². The highest BCUT2D eigenvalue weighted by Crippen LogP contribution is 2.27. The van der Waals surface area contributed by atoms with Crippen LogP contribution in [0.4, 0.5) is 0 Å². The van der Waals surface area contributed by atoms with E-state index in [1.165, 1.54) is 5.56 Å². The first kappa shape index (κ1) is 16.3. The van der Waals surface area contributed by atoms with Crippen LogP contribution in [0.15, 0.2) is 53.0 Å². The van der Waals surface area contributed by atoms with Gasteiger partial charge in [0.2, 0.25) is 0 Å². The Morgan fingerprint density at radius 2 is 1.71 bits per heavy atom. The molecule has 0 aliphatic carbocycles. The Labute approximate surface area is 136 Å².